The van der Waals surface area contributed by atoms with Crippen molar-refractivity contribution in [1.82, 2.24) is 15.3 Å². The highest BCUT2D eigenvalue weighted by atomic mass is 14.9. The summed E-state index contributed by atoms with van der Waals surface area (Å²) in [5, 5.41) is 3.45. The van der Waals surface area contributed by atoms with Gasteiger partial charge in [0.25, 0.3) is 0 Å². The topological polar surface area (TPSA) is 37.8 Å². The third kappa shape index (κ3) is 3.89. The molecule has 1 atom stereocenters. The third-order valence-electron chi connectivity index (χ3n) is 2.85. The van der Waals surface area contributed by atoms with Crippen molar-refractivity contribution in [1.29, 1.82) is 0 Å². The van der Waals surface area contributed by atoms with Gasteiger partial charge in [0.05, 0.1) is 0 Å². The zero-order valence-electron chi connectivity index (χ0n) is 10.9. The number of nitrogens with one attached hydrogen (secondary N) is 1. The Kier molecular flexibility index (Phi) is 5.39. The van der Waals surface area contributed by atoms with Crippen molar-refractivity contribution in [3.05, 3.63) is 23.3 Å². The Balaban J connectivity index is 2.52. The summed E-state index contributed by atoms with van der Waals surface area (Å²) >= 11 is 0. The van der Waals surface area contributed by atoms with Crippen molar-refractivity contribution in [3.63, 3.8) is 0 Å². The molecule has 3 heteroatoms. The molecule has 1 heterocycles. The van der Waals surface area contributed by atoms with Crippen LogP contribution < -0.4 is 5.32 Å². The van der Waals surface area contributed by atoms with Gasteiger partial charge in [0, 0.05) is 11.4 Å². The molecule has 1 N–H and O–H groups in total. The lowest BCUT2D eigenvalue weighted by Gasteiger charge is -2.14. The Bertz CT molecular complexity index is 303. The van der Waals surface area contributed by atoms with E-state index in [0.29, 0.717) is 5.92 Å². The first-order valence-corrected chi connectivity index (χ1v) is 6.13. The van der Waals surface area contributed by atoms with Gasteiger partial charge in [0.2, 0.25) is 0 Å². The van der Waals surface area contributed by atoms with Crippen LogP contribution >= 0.6 is 0 Å². The second kappa shape index (κ2) is 6.59. The van der Waals surface area contributed by atoms with Gasteiger partial charge in [-0.25, -0.2) is 9.97 Å². The van der Waals surface area contributed by atoms with Crippen molar-refractivity contribution in [2.24, 2.45) is 5.92 Å². The van der Waals surface area contributed by atoms with Crippen LogP contribution in [-0.2, 0) is 6.42 Å². The van der Waals surface area contributed by atoms with Gasteiger partial charge in [-0.1, -0.05) is 13.8 Å². The first kappa shape index (κ1) is 13.1. The van der Waals surface area contributed by atoms with Crippen molar-refractivity contribution in [2.45, 2.75) is 40.5 Å². The number of hydrogen-bond donors (Lipinski definition) is 1. The van der Waals surface area contributed by atoms with Gasteiger partial charge in [-0.2, -0.15) is 0 Å². The van der Waals surface area contributed by atoms with E-state index in [4.69, 9.17) is 0 Å². The fourth-order valence-electron chi connectivity index (χ4n) is 1.86. The molecule has 90 valence electrons. The molecule has 3 nitrogen and oxygen atoms in total. The number of aryl methyl sites for hydroxylation is 2. The van der Waals surface area contributed by atoms with E-state index in [1.165, 1.54) is 12.0 Å². The highest BCUT2D eigenvalue weighted by Crippen LogP contribution is 2.13. The molecule has 1 unspecified atom stereocenters. The summed E-state index contributed by atoms with van der Waals surface area (Å²) in [6.07, 6.45) is 3.91. The molecule has 1 rings (SSSR count). The van der Waals surface area contributed by atoms with Crippen LogP contribution in [0.3, 0.4) is 0 Å². The van der Waals surface area contributed by atoms with Crippen molar-refractivity contribution >= 4 is 0 Å². The zero-order chi connectivity index (χ0) is 12.0. The van der Waals surface area contributed by atoms with E-state index in [2.05, 4.69) is 43.0 Å². The second-order valence-corrected chi connectivity index (χ2v) is 4.54. The van der Waals surface area contributed by atoms with Gasteiger partial charge in [-0.15, -0.1) is 0 Å². The van der Waals surface area contributed by atoms with Crippen LogP contribution in [0, 0.1) is 19.8 Å². The summed E-state index contributed by atoms with van der Waals surface area (Å²) < 4.78 is 0. The third-order valence-corrected chi connectivity index (χ3v) is 2.85. The van der Waals surface area contributed by atoms with E-state index < -0.39 is 0 Å². The van der Waals surface area contributed by atoms with Crippen molar-refractivity contribution in [2.75, 3.05) is 13.1 Å². The van der Waals surface area contributed by atoms with Crippen LogP contribution in [0.25, 0.3) is 0 Å². The highest BCUT2D eigenvalue weighted by molar-refractivity contribution is 5.22. The number of aromatic nitrogens is 2. The van der Waals surface area contributed by atoms with Crippen LogP contribution in [0.5, 0.6) is 0 Å². The maximum atomic E-state index is 4.26. The lowest BCUT2D eigenvalue weighted by Crippen LogP contribution is -2.23. The van der Waals surface area contributed by atoms with Crippen LogP contribution in [0.4, 0.5) is 0 Å². The lowest BCUT2D eigenvalue weighted by atomic mass is 9.99. The molecule has 1 aromatic rings. The van der Waals surface area contributed by atoms with Gasteiger partial charge < -0.3 is 5.32 Å². The molecule has 16 heavy (non-hydrogen) atoms. The first-order chi connectivity index (χ1) is 7.65. The van der Waals surface area contributed by atoms with Crippen molar-refractivity contribution in [3.8, 4) is 0 Å². The van der Waals surface area contributed by atoms with Gasteiger partial charge in [0.1, 0.15) is 6.33 Å². The average molecular weight is 221 g/mol. The fraction of sp³-hybridized carbons (Fsp3) is 0.692. The van der Waals surface area contributed by atoms with Gasteiger partial charge >= 0.3 is 0 Å². The van der Waals surface area contributed by atoms with E-state index in [-0.39, 0.29) is 0 Å². The van der Waals surface area contributed by atoms with Crippen LogP contribution in [0.15, 0.2) is 6.33 Å². The molecule has 0 bridgehead atoms. The van der Waals surface area contributed by atoms with Crippen LogP contribution in [-0.4, -0.2) is 23.1 Å². The smallest absolute Gasteiger partial charge is 0.115 e. The Hall–Kier alpha value is -0.960. The quantitative estimate of drug-likeness (QED) is 0.749. The summed E-state index contributed by atoms with van der Waals surface area (Å²) in [7, 11) is 0. The first-order valence-electron chi connectivity index (χ1n) is 6.13. The van der Waals surface area contributed by atoms with Gasteiger partial charge in [-0.05, 0) is 51.3 Å². The van der Waals surface area contributed by atoms with Gasteiger partial charge in [-0.3, -0.25) is 0 Å². The van der Waals surface area contributed by atoms with Gasteiger partial charge in [0.15, 0.2) is 0 Å². The minimum absolute atomic E-state index is 0.634. The molecule has 0 saturated heterocycles. The van der Waals surface area contributed by atoms with E-state index in [1.807, 2.05) is 0 Å². The Morgan fingerprint density at radius 1 is 1.25 bits per heavy atom. The van der Waals surface area contributed by atoms with E-state index in [1.54, 1.807) is 6.33 Å². The molecular formula is C13H23N3. The number of hydrogen-bond acceptors (Lipinski definition) is 3. The SMILES string of the molecule is CCCNCC(C)Cc1c(C)ncnc1C. The summed E-state index contributed by atoms with van der Waals surface area (Å²) in [5.41, 5.74) is 3.55. The average Bonchev–Trinajstić information content (AvgIpc) is 2.24. The molecular weight excluding hydrogens is 198 g/mol. The minimum atomic E-state index is 0.634. The maximum Gasteiger partial charge on any atom is 0.115 e. The minimum Gasteiger partial charge on any atom is -0.316 e. The molecule has 0 fully saturated rings. The number of nitrogens with zero attached hydrogens (tertiary/aromatic N) is 2. The monoisotopic (exact) mass is 221 g/mol. The molecule has 0 aliphatic carbocycles. The molecule has 0 radical (unpaired) electrons. The molecule has 0 aliphatic heterocycles. The Morgan fingerprint density at radius 2 is 1.88 bits per heavy atom. The molecule has 0 aromatic carbocycles. The molecule has 0 spiro atoms. The lowest BCUT2D eigenvalue weighted by molar-refractivity contribution is 0.507. The number of rotatable bonds is 6. The standard InChI is InChI=1S/C13H23N3/c1-5-6-14-8-10(2)7-13-11(3)15-9-16-12(13)4/h9-10,14H,5-8H2,1-4H3. The van der Waals surface area contributed by atoms with E-state index in [0.717, 1.165) is 30.9 Å². The van der Waals surface area contributed by atoms with Crippen molar-refractivity contribution < 1.29 is 0 Å². The zero-order valence-corrected chi connectivity index (χ0v) is 10.9. The normalized spacial score (nSPS) is 12.8. The predicted octanol–water partition coefficient (Wildman–Crippen LogP) is 2.27. The Morgan fingerprint density at radius 3 is 2.44 bits per heavy atom. The summed E-state index contributed by atoms with van der Waals surface area (Å²) in [6.45, 7) is 10.8. The maximum absolute atomic E-state index is 4.26. The highest BCUT2D eigenvalue weighted by Gasteiger charge is 2.09. The summed E-state index contributed by atoms with van der Waals surface area (Å²) in [6, 6.07) is 0. The van der Waals surface area contributed by atoms with E-state index in [9.17, 15) is 0 Å². The molecule has 0 saturated carbocycles. The summed E-state index contributed by atoms with van der Waals surface area (Å²) in [5.74, 6) is 0.634. The molecule has 0 aliphatic rings. The van der Waals surface area contributed by atoms with Crippen LogP contribution in [0.1, 0.15) is 37.2 Å². The predicted molar refractivity (Wildman–Crippen MR) is 67.5 cm³/mol. The second-order valence-electron chi connectivity index (χ2n) is 4.54. The largest absolute Gasteiger partial charge is 0.316 e. The fourth-order valence-corrected chi connectivity index (χ4v) is 1.86. The molecule has 1 aromatic heterocycles. The van der Waals surface area contributed by atoms with Crippen LogP contribution in [0.2, 0.25) is 0 Å². The summed E-state index contributed by atoms with van der Waals surface area (Å²) in [4.78, 5) is 8.52. The molecule has 0 amide bonds. The van der Waals surface area contributed by atoms with E-state index >= 15 is 0 Å². The Labute approximate surface area is 98.7 Å².